The largest absolute Gasteiger partial charge is 0.356 e. The summed E-state index contributed by atoms with van der Waals surface area (Å²) < 4.78 is 0. The second-order valence-corrected chi connectivity index (χ2v) is 7.36. The SMILES string of the molecule is O=C(N1CCCC1)N1CC[C@]2(CCCN(c3ccccn3)C2)C1. The van der Waals surface area contributed by atoms with Gasteiger partial charge < -0.3 is 14.7 Å². The molecule has 1 spiro atoms. The summed E-state index contributed by atoms with van der Waals surface area (Å²) in [6, 6.07) is 6.40. The van der Waals surface area contributed by atoms with Crippen LogP contribution in [0.1, 0.15) is 32.1 Å². The van der Waals surface area contributed by atoms with E-state index >= 15 is 0 Å². The third kappa shape index (κ3) is 2.89. The Bertz CT molecular complexity index is 557. The first kappa shape index (κ1) is 14.8. The smallest absolute Gasteiger partial charge is 0.320 e. The number of aromatic nitrogens is 1. The molecule has 4 rings (SSSR count). The van der Waals surface area contributed by atoms with Gasteiger partial charge in [0.05, 0.1) is 0 Å². The van der Waals surface area contributed by atoms with Gasteiger partial charge >= 0.3 is 6.03 Å². The normalized spacial score (nSPS) is 27.9. The van der Waals surface area contributed by atoms with Crippen LogP contribution >= 0.6 is 0 Å². The lowest BCUT2D eigenvalue weighted by Gasteiger charge is -2.41. The summed E-state index contributed by atoms with van der Waals surface area (Å²) in [7, 11) is 0. The second kappa shape index (κ2) is 6.02. The van der Waals surface area contributed by atoms with E-state index in [0.717, 1.165) is 64.3 Å². The summed E-state index contributed by atoms with van der Waals surface area (Å²) in [6.07, 6.45) is 7.77. The maximum Gasteiger partial charge on any atom is 0.320 e. The Morgan fingerprint density at radius 3 is 2.61 bits per heavy atom. The lowest BCUT2D eigenvalue weighted by atomic mass is 9.79. The second-order valence-electron chi connectivity index (χ2n) is 7.36. The quantitative estimate of drug-likeness (QED) is 0.800. The fraction of sp³-hybridized carbons (Fsp3) is 0.667. The molecule has 4 heterocycles. The molecule has 3 fully saturated rings. The van der Waals surface area contributed by atoms with Crippen molar-refractivity contribution in [3.8, 4) is 0 Å². The molecule has 1 atom stereocenters. The first-order valence-electron chi connectivity index (χ1n) is 8.96. The van der Waals surface area contributed by atoms with E-state index < -0.39 is 0 Å². The van der Waals surface area contributed by atoms with Crippen LogP contribution in [0.25, 0.3) is 0 Å². The fourth-order valence-electron chi connectivity index (χ4n) is 4.48. The van der Waals surface area contributed by atoms with Crippen molar-refractivity contribution in [1.82, 2.24) is 14.8 Å². The molecule has 124 valence electrons. The Morgan fingerprint density at radius 1 is 0.957 bits per heavy atom. The van der Waals surface area contributed by atoms with Crippen LogP contribution in [0.4, 0.5) is 10.6 Å². The highest BCUT2D eigenvalue weighted by Crippen LogP contribution is 2.40. The maximum atomic E-state index is 12.7. The fourth-order valence-corrected chi connectivity index (χ4v) is 4.48. The molecule has 23 heavy (non-hydrogen) atoms. The predicted octanol–water partition coefficient (Wildman–Crippen LogP) is 2.59. The third-order valence-electron chi connectivity index (χ3n) is 5.72. The van der Waals surface area contributed by atoms with Crippen LogP contribution in [-0.2, 0) is 0 Å². The van der Waals surface area contributed by atoms with E-state index in [0.29, 0.717) is 0 Å². The molecule has 1 aromatic heterocycles. The van der Waals surface area contributed by atoms with Crippen molar-refractivity contribution in [1.29, 1.82) is 0 Å². The standard InChI is InChI=1S/C18H26N4O/c23-17(20-10-3-4-11-20)22-13-8-18(15-22)7-5-12-21(14-18)16-6-1-2-9-19-16/h1-2,6,9H,3-5,7-8,10-15H2/t18-/m0/s1. The molecule has 1 aromatic rings. The zero-order chi connectivity index (χ0) is 15.7. The molecule has 0 unspecified atom stereocenters. The monoisotopic (exact) mass is 314 g/mol. The van der Waals surface area contributed by atoms with Crippen molar-refractivity contribution >= 4 is 11.8 Å². The van der Waals surface area contributed by atoms with Crippen LogP contribution in [0.15, 0.2) is 24.4 Å². The van der Waals surface area contributed by atoms with Crippen molar-refractivity contribution in [2.45, 2.75) is 32.1 Å². The van der Waals surface area contributed by atoms with Gasteiger partial charge in [0, 0.05) is 50.9 Å². The van der Waals surface area contributed by atoms with Gasteiger partial charge in [-0.15, -0.1) is 0 Å². The van der Waals surface area contributed by atoms with E-state index in [-0.39, 0.29) is 11.4 Å². The zero-order valence-corrected chi connectivity index (χ0v) is 13.8. The molecule has 0 radical (unpaired) electrons. The van der Waals surface area contributed by atoms with Crippen molar-refractivity contribution < 1.29 is 4.79 Å². The Labute approximate surface area is 138 Å². The first-order chi connectivity index (χ1) is 11.3. The van der Waals surface area contributed by atoms with E-state index in [1.165, 1.54) is 12.8 Å². The summed E-state index contributed by atoms with van der Waals surface area (Å²) in [6.45, 7) is 5.86. The van der Waals surface area contributed by atoms with Gasteiger partial charge in [0.15, 0.2) is 0 Å². The highest BCUT2D eigenvalue weighted by atomic mass is 16.2. The van der Waals surface area contributed by atoms with Crippen LogP contribution in [0.3, 0.4) is 0 Å². The topological polar surface area (TPSA) is 39.7 Å². The van der Waals surface area contributed by atoms with Gasteiger partial charge in [-0.3, -0.25) is 0 Å². The molecule has 0 aliphatic carbocycles. The minimum Gasteiger partial charge on any atom is -0.356 e. The summed E-state index contributed by atoms with van der Waals surface area (Å²) >= 11 is 0. The number of hydrogen-bond acceptors (Lipinski definition) is 3. The van der Waals surface area contributed by atoms with Gasteiger partial charge in [0.1, 0.15) is 5.82 Å². The van der Waals surface area contributed by atoms with Gasteiger partial charge in [0.25, 0.3) is 0 Å². The third-order valence-corrected chi connectivity index (χ3v) is 5.72. The minimum atomic E-state index is 0.269. The molecular weight excluding hydrogens is 288 g/mol. The van der Waals surface area contributed by atoms with E-state index in [9.17, 15) is 4.79 Å². The molecule has 0 aromatic carbocycles. The molecular formula is C18H26N4O. The van der Waals surface area contributed by atoms with Crippen LogP contribution in [0.2, 0.25) is 0 Å². The highest BCUT2D eigenvalue weighted by Gasteiger charge is 2.44. The zero-order valence-electron chi connectivity index (χ0n) is 13.8. The lowest BCUT2D eigenvalue weighted by Crippen LogP contribution is -2.47. The molecule has 3 saturated heterocycles. The van der Waals surface area contributed by atoms with Gasteiger partial charge in [0.2, 0.25) is 0 Å². The van der Waals surface area contributed by atoms with Gasteiger partial charge in [-0.2, -0.15) is 0 Å². The molecule has 5 heteroatoms. The molecule has 2 amide bonds. The van der Waals surface area contributed by atoms with E-state index in [1.54, 1.807) is 0 Å². The summed E-state index contributed by atoms with van der Waals surface area (Å²) in [5.74, 6) is 1.08. The highest BCUT2D eigenvalue weighted by molar-refractivity contribution is 5.75. The number of rotatable bonds is 1. The molecule has 0 saturated carbocycles. The summed E-state index contributed by atoms with van der Waals surface area (Å²) in [5.41, 5.74) is 0.269. The molecule has 0 bridgehead atoms. The number of amides is 2. The number of hydrogen-bond donors (Lipinski definition) is 0. The number of pyridine rings is 1. The van der Waals surface area contributed by atoms with E-state index in [1.807, 2.05) is 17.2 Å². The number of carbonyl (C=O) groups is 1. The summed E-state index contributed by atoms with van der Waals surface area (Å²) in [5, 5.41) is 0. The van der Waals surface area contributed by atoms with Gasteiger partial charge in [-0.1, -0.05) is 6.07 Å². The van der Waals surface area contributed by atoms with Crippen molar-refractivity contribution in [2.75, 3.05) is 44.2 Å². The number of anilines is 1. The number of piperidine rings is 1. The van der Waals surface area contributed by atoms with Crippen LogP contribution < -0.4 is 4.90 Å². The maximum absolute atomic E-state index is 12.7. The average Bonchev–Trinajstić information content (AvgIpc) is 3.26. The van der Waals surface area contributed by atoms with Gasteiger partial charge in [-0.05, 0) is 44.2 Å². The van der Waals surface area contributed by atoms with Crippen molar-refractivity contribution in [3.05, 3.63) is 24.4 Å². The molecule has 5 nitrogen and oxygen atoms in total. The molecule has 3 aliphatic rings. The molecule has 0 N–H and O–H groups in total. The van der Waals surface area contributed by atoms with Gasteiger partial charge in [-0.25, -0.2) is 9.78 Å². The van der Waals surface area contributed by atoms with E-state index in [2.05, 4.69) is 26.9 Å². The van der Waals surface area contributed by atoms with Crippen LogP contribution in [0.5, 0.6) is 0 Å². The first-order valence-corrected chi connectivity index (χ1v) is 8.96. The average molecular weight is 314 g/mol. The minimum absolute atomic E-state index is 0.269. The van der Waals surface area contributed by atoms with Crippen molar-refractivity contribution in [3.63, 3.8) is 0 Å². The number of urea groups is 1. The Balaban J connectivity index is 1.43. The van der Waals surface area contributed by atoms with Crippen LogP contribution in [0, 0.1) is 5.41 Å². The Hall–Kier alpha value is -1.78. The summed E-state index contributed by atoms with van der Waals surface area (Å²) in [4.78, 5) is 23.7. The van der Waals surface area contributed by atoms with E-state index in [4.69, 9.17) is 0 Å². The Kier molecular flexibility index (Phi) is 3.87. The number of likely N-dealkylation sites (tertiary alicyclic amines) is 2. The number of carbonyl (C=O) groups excluding carboxylic acids is 1. The number of nitrogens with zero attached hydrogens (tertiary/aromatic N) is 4. The lowest BCUT2D eigenvalue weighted by molar-refractivity contribution is 0.161. The Morgan fingerprint density at radius 2 is 1.83 bits per heavy atom. The molecule has 3 aliphatic heterocycles. The van der Waals surface area contributed by atoms with Crippen LogP contribution in [-0.4, -0.2) is 60.1 Å². The van der Waals surface area contributed by atoms with Crippen molar-refractivity contribution in [2.24, 2.45) is 5.41 Å². The predicted molar refractivity (Wildman–Crippen MR) is 90.5 cm³/mol.